The van der Waals surface area contributed by atoms with Crippen LogP contribution in [0.2, 0.25) is 0 Å². The Morgan fingerprint density at radius 3 is 2.59 bits per heavy atom. The van der Waals surface area contributed by atoms with Crippen molar-refractivity contribution < 1.29 is 19.8 Å². The van der Waals surface area contributed by atoms with Gasteiger partial charge in [0.2, 0.25) is 0 Å². The average Bonchev–Trinajstić information content (AvgIpc) is 2.59. The van der Waals surface area contributed by atoms with Crippen molar-refractivity contribution in [1.29, 1.82) is 0 Å². The highest BCUT2D eigenvalue weighted by Crippen LogP contribution is 2.01. The molecule has 0 aromatic carbocycles. The van der Waals surface area contributed by atoms with E-state index in [0.29, 0.717) is 5.82 Å². The molecule has 4 N–H and O–H groups in total. The monoisotopic (exact) mass is 242 g/mol. The zero-order valence-corrected chi connectivity index (χ0v) is 9.41. The molecule has 0 unspecified atom stereocenters. The fourth-order valence-corrected chi connectivity index (χ4v) is 1.16. The van der Waals surface area contributed by atoms with E-state index < -0.39 is 24.1 Å². The summed E-state index contributed by atoms with van der Waals surface area (Å²) in [5, 5.41) is 26.3. The smallest absolute Gasteiger partial charge is 0.328 e. The molecule has 0 aliphatic carbocycles. The van der Waals surface area contributed by atoms with Gasteiger partial charge in [0.25, 0.3) is 0 Å². The number of urea groups is 1. The number of carbonyl (C=O) groups is 2. The van der Waals surface area contributed by atoms with Crippen LogP contribution in [0.4, 0.5) is 10.6 Å². The van der Waals surface area contributed by atoms with Gasteiger partial charge in [0.15, 0.2) is 11.9 Å². The van der Waals surface area contributed by atoms with Crippen LogP contribution in [0.3, 0.4) is 0 Å². The maximum atomic E-state index is 11.4. The molecule has 0 saturated heterocycles. The van der Waals surface area contributed by atoms with Crippen LogP contribution in [-0.2, 0) is 11.8 Å². The predicted octanol–water partition coefficient (Wildman–Crippen LogP) is -0.624. The molecule has 2 atom stereocenters. The SMILES string of the molecule is C[C@@H](O)[C@H](NC(=O)Nc1ccn(C)n1)C(=O)O. The number of carboxylic acid groups (broad SMARTS) is 1. The second-order valence-corrected chi connectivity index (χ2v) is 3.53. The Balaban J connectivity index is 2.56. The molecule has 1 rings (SSSR count). The lowest BCUT2D eigenvalue weighted by molar-refractivity contribution is -0.141. The minimum Gasteiger partial charge on any atom is -0.480 e. The van der Waals surface area contributed by atoms with Crippen LogP contribution in [0.5, 0.6) is 0 Å². The van der Waals surface area contributed by atoms with Crippen molar-refractivity contribution in [2.45, 2.75) is 19.1 Å². The Labute approximate surface area is 97.2 Å². The molecule has 0 fully saturated rings. The van der Waals surface area contributed by atoms with Crippen molar-refractivity contribution in [3.8, 4) is 0 Å². The summed E-state index contributed by atoms with van der Waals surface area (Å²) in [5.41, 5.74) is 0. The van der Waals surface area contributed by atoms with E-state index in [1.165, 1.54) is 11.6 Å². The second-order valence-electron chi connectivity index (χ2n) is 3.53. The first kappa shape index (κ1) is 13.0. The van der Waals surface area contributed by atoms with E-state index in [-0.39, 0.29) is 0 Å². The molecule has 1 heterocycles. The summed E-state index contributed by atoms with van der Waals surface area (Å²) in [6.07, 6.45) is 0.431. The summed E-state index contributed by atoms with van der Waals surface area (Å²) < 4.78 is 1.49. The number of hydrogen-bond donors (Lipinski definition) is 4. The highest BCUT2D eigenvalue weighted by Gasteiger charge is 2.25. The number of nitrogens with one attached hydrogen (secondary N) is 2. The topological polar surface area (TPSA) is 116 Å². The zero-order valence-electron chi connectivity index (χ0n) is 9.41. The van der Waals surface area contributed by atoms with Gasteiger partial charge in [0.05, 0.1) is 6.10 Å². The molecule has 0 saturated carbocycles. The fourth-order valence-electron chi connectivity index (χ4n) is 1.16. The molecule has 0 aliphatic rings. The van der Waals surface area contributed by atoms with Crippen molar-refractivity contribution in [1.82, 2.24) is 15.1 Å². The van der Waals surface area contributed by atoms with Crippen molar-refractivity contribution >= 4 is 17.8 Å². The summed E-state index contributed by atoms with van der Waals surface area (Å²) in [4.78, 5) is 22.1. The molecule has 0 radical (unpaired) electrons. The Bertz CT molecular complexity index is 415. The molecular formula is C9H14N4O4. The third kappa shape index (κ3) is 3.76. The molecule has 94 valence electrons. The Morgan fingerprint density at radius 1 is 1.53 bits per heavy atom. The Morgan fingerprint density at radius 2 is 2.18 bits per heavy atom. The standard InChI is InChI=1S/C9H14N4O4/c1-5(14)7(8(15)16)11-9(17)10-6-3-4-13(2)12-6/h3-5,7,14H,1-2H3,(H,15,16)(H2,10,11,12,17)/t5-,7+/m1/s1. The predicted molar refractivity (Wildman–Crippen MR) is 58.5 cm³/mol. The molecule has 2 amide bonds. The lowest BCUT2D eigenvalue weighted by Gasteiger charge is -2.16. The maximum Gasteiger partial charge on any atom is 0.328 e. The summed E-state index contributed by atoms with van der Waals surface area (Å²) in [5.74, 6) is -1.02. The van der Waals surface area contributed by atoms with Gasteiger partial charge in [-0.15, -0.1) is 0 Å². The molecule has 0 aliphatic heterocycles. The number of carbonyl (C=O) groups excluding carboxylic acids is 1. The van der Waals surface area contributed by atoms with E-state index in [4.69, 9.17) is 10.2 Å². The number of aliphatic hydroxyl groups is 1. The fraction of sp³-hybridized carbons (Fsp3) is 0.444. The lowest BCUT2D eigenvalue weighted by atomic mass is 10.2. The van der Waals surface area contributed by atoms with Crippen molar-refractivity contribution in [3.05, 3.63) is 12.3 Å². The minimum atomic E-state index is -1.36. The number of aromatic nitrogens is 2. The maximum absolute atomic E-state index is 11.4. The van der Waals surface area contributed by atoms with Crippen LogP contribution in [-0.4, -0.2) is 44.1 Å². The summed E-state index contributed by atoms with van der Waals surface area (Å²) >= 11 is 0. The number of rotatable bonds is 4. The van der Waals surface area contributed by atoms with Crippen LogP contribution in [0.1, 0.15) is 6.92 Å². The molecule has 17 heavy (non-hydrogen) atoms. The normalized spacial score (nSPS) is 13.8. The molecule has 0 bridgehead atoms. The van der Waals surface area contributed by atoms with Gasteiger partial charge < -0.3 is 15.5 Å². The third-order valence-electron chi connectivity index (χ3n) is 1.99. The van der Waals surface area contributed by atoms with E-state index in [2.05, 4.69) is 15.7 Å². The largest absolute Gasteiger partial charge is 0.480 e. The van der Waals surface area contributed by atoms with Gasteiger partial charge in [-0.05, 0) is 6.92 Å². The van der Waals surface area contributed by atoms with Gasteiger partial charge in [-0.1, -0.05) is 0 Å². The summed E-state index contributed by atoms with van der Waals surface area (Å²) in [6.45, 7) is 1.28. The van der Waals surface area contributed by atoms with E-state index in [1.54, 1.807) is 19.3 Å². The van der Waals surface area contributed by atoms with E-state index in [0.717, 1.165) is 0 Å². The number of hydrogen-bond acceptors (Lipinski definition) is 4. The first-order chi connectivity index (χ1) is 7.90. The van der Waals surface area contributed by atoms with Gasteiger partial charge in [-0.2, -0.15) is 5.10 Å². The number of carboxylic acids is 1. The minimum absolute atomic E-state index is 0.291. The van der Waals surface area contributed by atoms with Gasteiger partial charge in [0, 0.05) is 19.3 Å². The van der Waals surface area contributed by atoms with E-state index in [9.17, 15) is 9.59 Å². The molecule has 0 spiro atoms. The van der Waals surface area contributed by atoms with Crippen LogP contribution in [0.15, 0.2) is 12.3 Å². The average molecular weight is 242 g/mol. The van der Waals surface area contributed by atoms with Crippen LogP contribution in [0, 0.1) is 0 Å². The van der Waals surface area contributed by atoms with Crippen molar-refractivity contribution in [2.75, 3.05) is 5.32 Å². The first-order valence-electron chi connectivity index (χ1n) is 4.88. The highest BCUT2D eigenvalue weighted by atomic mass is 16.4. The van der Waals surface area contributed by atoms with Gasteiger partial charge in [-0.3, -0.25) is 10.00 Å². The summed E-state index contributed by atoms with van der Waals surface area (Å²) in [7, 11) is 1.68. The molecule has 1 aromatic heterocycles. The Kier molecular flexibility index (Phi) is 4.05. The third-order valence-corrected chi connectivity index (χ3v) is 1.99. The quantitative estimate of drug-likeness (QED) is 0.561. The highest BCUT2D eigenvalue weighted by molar-refractivity contribution is 5.91. The molecule has 8 heteroatoms. The number of aryl methyl sites for hydroxylation is 1. The second kappa shape index (κ2) is 5.30. The first-order valence-corrected chi connectivity index (χ1v) is 4.88. The van der Waals surface area contributed by atoms with Crippen molar-refractivity contribution in [3.63, 3.8) is 0 Å². The van der Waals surface area contributed by atoms with Gasteiger partial charge >= 0.3 is 12.0 Å². The summed E-state index contributed by atoms with van der Waals surface area (Å²) in [6, 6.07) is -0.548. The van der Waals surface area contributed by atoms with Gasteiger partial charge in [-0.25, -0.2) is 9.59 Å². The Hall–Kier alpha value is -2.09. The van der Waals surface area contributed by atoms with Gasteiger partial charge in [0.1, 0.15) is 0 Å². The van der Waals surface area contributed by atoms with Crippen molar-refractivity contribution in [2.24, 2.45) is 7.05 Å². The number of aliphatic hydroxyl groups excluding tert-OH is 1. The number of anilines is 1. The van der Waals surface area contributed by atoms with Crippen LogP contribution in [0.25, 0.3) is 0 Å². The van der Waals surface area contributed by atoms with E-state index in [1.807, 2.05) is 0 Å². The van der Waals surface area contributed by atoms with E-state index >= 15 is 0 Å². The number of amides is 2. The number of nitrogens with zero attached hydrogens (tertiary/aromatic N) is 2. The molecule has 8 nitrogen and oxygen atoms in total. The van der Waals surface area contributed by atoms with Crippen LogP contribution >= 0.6 is 0 Å². The number of aliphatic carboxylic acids is 1. The van der Waals surface area contributed by atoms with Crippen LogP contribution < -0.4 is 10.6 Å². The molecule has 1 aromatic rings. The molecular weight excluding hydrogens is 228 g/mol. The lowest BCUT2D eigenvalue weighted by Crippen LogP contribution is -2.49. The zero-order chi connectivity index (χ0) is 13.0.